The van der Waals surface area contributed by atoms with E-state index in [0.717, 1.165) is 6.07 Å². The van der Waals surface area contributed by atoms with Crippen molar-refractivity contribution in [1.82, 2.24) is 0 Å². The first-order chi connectivity index (χ1) is 17.6. The van der Waals surface area contributed by atoms with Crippen LogP contribution in [0.1, 0.15) is 53.2 Å². The predicted octanol–water partition coefficient (Wildman–Crippen LogP) is 6.60. The number of hydrogen-bond donors (Lipinski definition) is 0. The predicted molar refractivity (Wildman–Crippen MR) is 137 cm³/mol. The standard InChI is InChI=1S/C29H29F3N2O3/c1-5-33(21-13-10-18(2)25(17-21)29(30,31)32)28(36)24-16-19(3)34(26-9-7-6-8-23(24)26)27(35)20-11-14-22(37-4)15-12-20/h6-15,17,19,24H,5,16H2,1-4H3/t19-,24-/m1/s1. The Labute approximate surface area is 214 Å². The molecule has 2 atom stereocenters. The van der Waals surface area contributed by atoms with Gasteiger partial charge in [0.1, 0.15) is 5.75 Å². The summed E-state index contributed by atoms with van der Waals surface area (Å²) < 4.78 is 45.8. The Kier molecular flexibility index (Phi) is 7.30. The van der Waals surface area contributed by atoms with Crippen LogP contribution in [-0.2, 0) is 11.0 Å². The average Bonchev–Trinajstić information content (AvgIpc) is 2.88. The zero-order valence-electron chi connectivity index (χ0n) is 21.2. The molecule has 3 aromatic carbocycles. The van der Waals surface area contributed by atoms with Gasteiger partial charge in [0, 0.05) is 29.5 Å². The lowest BCUT2D eigenvalue weighted by molar-refractivity contribution is -0.138. The molecule has 0 N–H and O–H groups in total. The van der Waals surface area contributed by atoms with Crippen molar-refractivity contribution in [2.45, 2.75) is 45.3 Å². The molecule has 0 fully saturated rings. The molecule has 1 heterocycles. The molecule has 8 heteroatoms. The molecular formula is C29H29F3N2O3. The summed E-state index contributed by atoms with van der Waals surface area (Å²) in [5.41, 5.74) is 1.33. The van der Waals surface area contributed by atoms with Crippen LogP contribution in [-0.4, -0.2) is 31.5 Å². The van der Waals surface area contributed by atoms with Crippen LogP contribution in [0, 0.1) is 6.92 Å². The van der Waals surface area contributed by atoms with Gasteiger partial charge in [0.25, 0.3) is 5.91 Å². The summed E-state index contributed by atoms with van der Waals surface area (Å²) in [5, 5.41) is 0. The zero-order chi connectivity index (χ0) is 26.9. The SMILES string of the molecule is CCN(C(=O)[C@@H]1C[C@@H](C)N(C(=O)c2ccc(OC)cc2)c2ccccc21)c1ccc(C)c(C(F)(F)F)c1. The number of benzene rings is 3. The molecule has 4 rings (SSSR count). The fourth-order valence-electron chi connectivity index (χ4n) is 4.97. The maximum atomic E-state index is 13.8. The summed E-state index contributed by atoms with van der Waals surface area (Å²) in [4.78, 5) is 30.4. The van der Waals surface area contributed by atoms with Gasteiger partial charge in [0.2, 0.25) is 5.91 Å². The number of alkyl halides is 3. The van der Waals surface area contributed by atoms with E-state index in [-0.39, 0.29) is 35.7 Å². The molecule has 0 radical (unpaired) electrons. The van der Waals surface area contributed by atoms with Crippen molar-refractivity contribution in [3.8, 4) is 5.75 Å². The van der Waals surface area contributed by atoms with Gasteiger partial charge >= 0.3 is 6.18 Å². The van der Waals surface area contributed by atoms with Crippen LogP contribution in [0.2, 0.25) is 0 Å². The fourth-order valence-corrected chi connectivity index (χ4v) is 4.97. The molecule has 0 aliphatic carbocycles. The molecule has 3 aromatic rings. The molecule has 37 heavy (non-hydrogen) atoms. The van der Waals surface area contributed by atoms with Gasteiger partial charge in [0.05, 0.1) is 18.6 Å². The largest absolute Gasteiger partial charge is 0.497 e. The third-order valence-electron chi connectivity index (χ3n) is 6.86. The van der Waals surface area contributed by atoms with Crippen LogP contribution < -0.4 is 14.5 Å². The molecule has 1 aliphatic heterocycles. The Morgan fingerprint density at radius 3 is 2.35 bits per heavy atom. The number of likely N-dealkylation sites (N-methyl/N-ethyl adjacent to an activating group) is 1. The molecule has 0 bridgehead atoms. The van der Waals surface area contributed by atoms with Gasteiger partial charge in [-0.3, -0.25) is 9.59 Å². The number of anilines is 2. The summed E-state index contributed by atoms with van der Waals surface area (Å²) in [7, 11) is 1.55. The van der Waals surface area contributed by atoms with Crippen molar-refractivity contribution in [1.29, 1.82) is 0 Å². The number of ether oxygens (including phenoxy) is 1. The van der Waals surface area contributed by atoms with Crippen molar-refractivity contribution >= 4 is 23.2 Å². The third kappa shape index (κ3) is 5.05. The fraction of sp³-hybridized carbons (Fsp3) is 0.310. The number of amides is 2. The van der Waals surface area contributed by atoms with Gasteiger partial charge in [-0.05, 0) is 80.8 Å². The van der Waals surface area contributed by atoms with E-state index in [1.807, 2.05) is 13.0 Å². The van der Waals surface area contributed by atoms with Crippen molar-refractivity contribution < 1.29 is 27.5 Å². The molecule has 0 saturated carbocycles. The Bertz CT molecular complexity index is 1300. The van der Waals surface area contributed by atoms with E-state index < -0.39 is 17.7 Å². The Hall–Kier alpha value is -3.81. The highest BCUT2D eigenvalue weighted by molar-refractivity contribution is 6.09. The molecule has 0 aromatic heterocycles. The van der Waals surface area contributed by atoms with E-state index in [0.29, 0.717) is 29.0 Å². The van der Waals surface area contributed by atoms with Crippen molar-refractivity contribution in [3.63, 3.8) is 0 Å². The summed E-state index contributed by atoms with van der Waals surface area (Å²) in [6.45, 7) is 5.23. The highest BCUT2D eigenvalue weighted by Crippen LogP contribution is 2.41. The number of carbonyl (C=O) groups excluding carboxylic acids is 2. The molecule has 2 amide bonds. The number of halogens is 3. The number of rotatable bonds is 5. The Morgan fingerprint density at radius 2 is 1.73 bits per heavy atom. The summed E-state index contributed by atoms with van der Waals surface area (Å²) >= 11 is 0. The Morgan fingerprint density at radius 1 is 1.05 bits per heavy atom. The molecule has 0 saturated heterocycles. The quantitative estimate of drug-likeness (QED) is 0.389. The highest BCUT2D eigenvalue weighted by Gasteiger charge is 2.39. The smallest absolute Gasteiger partial charge is 0.416 e. The van der Waals surface area contributed by atoms with E-state index in [1.54, 1.807) is 67.5 Å². The van der Waals surface area contributed by atoms with E-state index in [1.165, 1.54) is 17.9 Å². The second-order valence-electron chi connectivity index (χ2n) is 9.18. The van der Waals surface area contributed by atoms with Crippen LogP contribution in [0.3, 0.4) is 0 Å². The second kappa shape index (κ2) is 10.3. The number of aryl methyl sites for hydroxylation is 1. The maximum absolute atomic E-state index is 13.8. The summed E-state index contributed by atoms with van der Waals surface area (Å²) in [5.74, 6) is -0.468. The van der Waals surface area contributed by atoms with Gasteiger partial charge in [-0.15, -0.1) is 0 Å². The normalized spacial score (nSPS) is 17.2. The number of fused-ring (bicyclic) bond motifs is 1. The number of carbonyl (C=O) groups is 2. The number of methoxy groups -OCH3 is 1. The molecule has 5 nitrogen and oxygen atoms in total. The lowest BCUT2D eigenvalue weighted by Crippen LogP contribution is -2.46. The third-order valence-corrected chi connectivity index (χ3v) is 6.86. The van der Waals surface area contributed by atoms with Crippen molar-refractivity contribution in [2.24, 2.45) is 0 Å². The highest BCUT2D eigenvalue weighted by atomic mass is 19.4. The van der Waals surface area contributed by atoms with E-state index in [4.69, 9.17) is 4.74 Å². The van der Waals surface area contributed by atoms with Crippen LogP contribution in [0.4, 0.5) is 24.5 Å². The second-order valence-corrected chi connectivity index (χ2v) is 9.18. The average molecular weight is 511 g/mol. The van der Waals surface area contributed by atoms with Crippen LogP contribution in [0.15, 0.2) is 66.7 Å². The van der Waals surface area contributed by atoms with E-state index >= 15 is 0 Å². The lowest BCUT2D eigenvalue weighted by atomic mass is 9.84. The minimum atomic E-state index is -4.52. The Balaban J connectivity index is 1.70. The molecule has 0 spiro atoms. The zero-order valence-corrected chi connectivity index (χ0v) is 21.2. The molecule has 1 aliphatic rings. The lowest BCUT2D eigenvalue weighted by Gasteiger charge is -2.40. The van der Waals surface area contributed by atoms with E-state index in [2.05, 4.69) is 0 Å². The first-order valence-electron chi connectivity index (χ1n) is 12.1. The number of para-hydroxylation sites is 1. The van der Waals surface area contributed by atoms with Gasteiger partial charge in [-0.25, -0.2) is 0 Å². The molecule has 0 unspecified atom stereocenters. The van der Waals surface area contributed by atoms with Crippen molar-refractivity contribution in [2.75, 3.05) is 23.5 Å². The minimum Gasteiger partial charge on any atom is -0.497 e. The summed E-state index contributed by atoms with van der Waals surface area (Å²) in [6, 6.07) is 17.7. The molecule has 194 valence electrons. The van der Waals surface area contributed by atoms with Gasteiger partial charge in [-0.2, -0.15) is 13.2 Å². The van der Waals surface area contributed by atoms with Crippen LogP contribution in [0.25, 0.3) is 0 Å². The van der Waals surface area contributed by atoms with Crippen LogP contribution in [0.5, 0.6) is 5.75 Å². The van der Waals surface area contributed by atoms with Crippen molar-refractivity contribution in [3.05, 3.63) is 89.0 Å². The first-order valence-corrected chi connectivity index (χ1v) is 12.1. The topological polar surface area (TPSA) is 49.9 Å². The maximum Gasteiger partial charge on any atom is 0.416 e. The summed E-state index contributed by atoms with van der Waals surface area (Å²) in [6.07, 6.45) is -4.18. The number of nitrogens with zero attached hydrogens (tertiary/aromatic N) is 2. The van der Waals surface area contributed by atoms with Gasteiger partial charge in [0.15, 0.2) is 0 Å². The minimum absolute atomic E-state index is 0.101. The number of hydrogen-bond acceptors (Lipinski definition) is 3. The molecular weight excluding hydrogens is 481 g/mol. The monoisotopic (exact) mass is 510 g/mol. The first kappa shape index (κ1) is 26.3. The van der Waals surface area contributed by atoms with Gasteiger partial charge < -0.3 is 14.5 Å². The van der Waals surface area contributed by atoms with E-state index in [9.17, 15) is 22.8 Å². The van der Waals surface area contributed by atoms with Gasteiger partial charge in [-0.1, -0.05) is 24.3 Å². The van der Waals surface area contributed by atoms with Crippen LogP contribution >= 0.6 is 0 Å².